The van der Waals surface area contributed by atoms with E-state index in [2.05, 4.69) is 0 Å². The monoisotopic (exact) mass is 250 g/mol. The van der Waals surface area contributed by atoms with Crippen molar-refractivity contribution >= 4 is 15.4 Å². The third-order valence-corrected chi connectivity index (χ3v) is 3.64. The van der Waals surface area contributed by atoms with Gasteiger partial charge in [-0.3, -0.25) is 9.09 Å². The SMILES string of the molecule is [B][C@@H]1O[C@H](COC)C(OP(C)(=O)OC)[C@@H]1O. The molecular weight excluding hydrogens is 234 g/mol. The van der Waals surface area contributed by atoms with Gasteiger partial charge >= 0.3 is 7.60 Å². The van der Waals surface area contributed by atoms with Gasteiger partial charge in [0.25, 0.3) is 0 Å². The van der Waals surface area contributed by atoms with E-state index in [0.29, 0.717) is 0 Å². The summed E-state index contributed by atoms with van der Waals surface area (Å²) in [5, 5.41) is 9.71. The van der Waals surface area contributed by atoms with E-state index >= 15 is 0 Å². The molecule has 1 aliphatic rings. The van der Waals surface area contributed by atoms with Crippen molar-refractivity contribution in [3.63, 3.8) is 0 Å². The molecule has 2 unspecified atom stereocenters. The Bertz CT molecular complexity index is 275. The minimum absolute atomic E-state index is 0.194. The molecule has 1 fully saturated rings. The van der Waals surface area contributed by atoms with Gasteiger partial charge in [-0.25, -0.2) is 0 Å². The third kappa shape index (κ3) is 3.29. The summed E-state index contributed by atoms with van der Waals surface area (Å²) in [6, 6.07) is -0.873. The van der Waals surface area contributed by atoms with Gasteiger partial charge in [-0.05, 0) is 0 Å². The maximum atomic E-state index is 11.6. The van der Waals surface area contributed by atoms with E-state index in [-0.39, 0.29) is 6.61 Å². The van der Waals surface area contributed by atoms with Crippen LogP contribution in [-0.2, 0) is 23.1 Å². The Kier molecular flexibility index (Phi) is 4.97. The predicted octanol–water partition coefficient (Wildman–Crippen LogP) is -0.258. The lowest BCUT2D eigenvalue weighted by molar-refractivity contribution is -0.0153. The van der Waals surface area contributed by atoms with Gasteiger partial charge in [-0.2, -0.15) is 0 Å². The second-order valence-electron chi connectivity index (χ2n) is 3.61. The van der Waals surface area contributed by atoms with Crippen LogP contribution in [0.2, 0.25) is 0 Å². The van der Waals surface area contributed by atoms with Crippen molar-refractivity contribution in [2.75, 3.05) is 27.5 Å². The van der Waals surface area contributed by atoms with Crippen molar-refractivity contribution in [3.05, 3.63) is 0 Å². The van der Waals surface area contributed by atoms with Crippen molar-refractivity contribution < 1.29 is 28.2 Å². The lowest BCUT2D eigenvalue weighted by atomic mass is 9.93. The van der Waals surface area contributed by atoms with Crippen molar-refractivity contribution in [2.45, 2.75) is 24.3 Å². The lowest BCUT2D eigenvalue weighted by Gasteiger charge is -2.23. The summed E-state index contributed by atoms with van der Waals surface area (Å²) in [5.41, 5.74) is 0. The van der Waals surface area contributed by atoms with Crippen LogP contribution in [0.1, 0.15) is 0 Å². The molecule has 1 heterocycles. The number of aliphatic hydroxyl groups is 1. The minimum Gasteiger partial charge on any atom is -0.388 e. The number of rotatable bonds is 5. The molecule has 0 spiro atoms. The van der Waals surface area contributed by atoms with E-state index in [1.54, 1.807) is 0 Å². The molecule has 8 heteroatoms. The zero-order valence-electron chi connectivity index (χ0n) is 9.53. The summed E-state index contributed by atoms with van der Waals surface area (Å²) in [6.45, 7) is 1.51. The van der Waals surface area contributed by atoms with E-state index in [9.17, 15) is 9.67 Å². The van der Waals surface area contributed by atoms with Gasteiger partial charge in [0.05, 0.1) is 6.61 Å². The molecule has 1 saturated heterocycles. The van der Waals surface area contributed by atoms with Crippen molar-refractivity contribution in [2.24, 2.45) is 0 Å². The van der Waals surface area contributed by atoms with Crippen LogP contribution in [0.3, 0.4) is 0 Å². The Morgan fingerprint density at radius 1 is 1.50 bits per heavy atom. The Balaban J connectivity index is 2.70. The molecule has 0 bridgehead atoms. The van der Waals surface area contributed by atoms with Crippen LogP contribution in [0.15, 0.2) is 0 Å². The molecule has 0 aromatic carbocycles. The first-order chi connectivity index (χ1) is 7.41. The molecule has 1 N–H and O–H groups in total. The average molecular weight is 250 g/mol. The summed E-state index contributed by atoms with van der Waals surface area (Å²) in [5.74, 6) is 0. The van der Waals surface area contributed by atoms with Crippen LogP contribution < -0.4 is 0 Å². The summed E-state index contributed by atoms with van der Waals surface area (Å²) in [7, 11) is 5.07. The Hall–Kier alpha value is 0.0949. The Morgan fingerprint density at radius 3 is 2.62 bits per heavy atom. The highest BCUT2D eigenvalue weighted by Crippen LogP contribution is 2.46. The molecule has 1 aliphatic heterocycles. The molecule has 1 rings (SSSR count). The van der Waals surface area contributed by atoms with Gasteiger partial charge in [-0.15, -0.1) is 0 Å². The summed E-state index contributed by atoms with van der Waals surface area (Å²) in [4.78, 5) is 0. The Labute approximate surface area is 96.2 Å². The lowest BCUT2D eigenvalue weighted by Crippen LogP contribution is -2.36. The first-order valence-electron chi connectivity index (χ1n) is 4.81. The highest BCUT2D eigenvalue weighted by molar-refractivity contribution is 7.52. The molecule has 2 radical (unpaired) electrons. The van der Waals surface area contributed by atoms with Crippen LogP contribution >= 0.6 is 7.60 Å². The first kappa shape index (κ1) is 14.2. The molecule has 0 aromatic heterocycles. The number of methoxy groups -OCH3 is 1. The largest absolute Gasteiger partial charge is 0.388 e. The summed E-state index contributed by atoms with van der Waals surface area (Å²) in [6.07, 6.45) is -2.42. The van der Waals surface area contributed by atoms with E-state index in [0.717, 1.165) is 0 Å². The van der Waals surface area contributed by atoms with E-state index in [1.807, 2.05) is 0 Å². The number of ether oxygens (including phenoxy) is 2. The first-order valence-corrected chi connectivity index (χ1v) is 6.80. The predicted molar refractivity (Wildman–Crippen MR) is 57.7 cm³/mol. The van der Waals surface area contributed by atoms with Crippen molar-refractivity contribution in [1.82, 2.24) is 0 Å². The summed E-state index contributed by atoms with van der Waals surface area (Å²) >= 11 is 0. The van der Waals surface area contributed by atoms with Gasteiger partial charge in [0.2, 0.25) is 0 Å². The molecule has 0 aliphatic carbocycles. The number of aliphatic hydroxyl groups excluding tert-OH is 1. The molecule has 92 valence electrons. The van der Waals surface area contributed by atoms with Gasteiger partial charge in [0.15, 0.2) is 0 Å². The topological polar surface area (TPSA) is 74.2 Å². The molecule has 0 aromatic rings. The Morgan fingerprint density at radius 2 is 2.12 bits per heavy atom. The van der Waals surface area contributed by atoms with Crippen molar-refractivity contribution in [3.8, 4) is 0 Å². The van der Waals surface area contributed by atoms with Gasteiger partial charge < -0.3 is 19.1 Å². The van der Waals surface area contributed by atoms with E-state index in [4.69, 9.17) is 26.4 Å². The standard InChI is InChI=1S/C8H16BO6P/c1-12-4-5-7(6(10)8(9)14-5)15-16(3,11)13-2/h5-8,10H,4H2,1-3H3/t5-,6+,7?,8-,16?/m1/s1. The second kappa shape index (κ2) is 5.62. The van der Waals surface area contributed by atoms with Gasteiger partial charge in [0, 0.05) is 26.9 Å². The van der Waals surface area contributed by atoms with Crippen LogP contribution in [0, 0.1) is 0 Å². The van der Waals surface area contributed by atoms with Crippen LogP contribution in [-0.4, -0.2) is 64.8 Å². The zero-order valence-corrected chi connectivity index (χ0v) is 10.4. The zero-order chi connectivity index (χ0) is 12.3. The highest BCUT2D eigenvalue weighted by atomic mass is 31.2. The fourth-order valence-electron chi connectivity index (χ4n) is 1.46. The maximum absolute atomic E-state index is 11.6. The molecule has 16 heavy (non-hydrogen) atoms. The highest BCUT2D eigenvalue weighted by Gasteiger charge is 2.44. The van der Waals surface area contributed by atoms with Crippen LogP contribution in [0.5, 0.6) is 0 Å². The molecule has 0 amide bonds. The quantitative estimate of drug-likeness (QED) is 0.535. The molecule has 5 atom stereocenters. The van der Waals surface area contributed by atoms with E-state index < -0.39 is 31.9 Å². The smallest absolute Gasteiger partial charge is 0.327 e. The summed E-state index contributed by atoms with van der Waals surface area (Å²) < 4.78 is 31.7. The minimum atomic E-state index is -3.20. The van der Waals surface area contributed by atoms with Crippen LogP contribution in [0.4, 0.5) is 0 Å². The second-order valence-corrected chi connectivity index (χ2v) is 5.73. The van der Waals surface area contributed by atoms with Crippen molar-refractivity contribution in [1.29, 1.82) is 0 Å². The molecule has 6 nitrogen and oxygen atoms in total. The van der Waals surface area contributed by atoms with Crippen LogP contribution in [0.25, 0.3) is 0 Å². The fraction of sp³-hybridized carbons (Fsp3) is 1.00. The molecule has 0 saturated carbocycles. The van der Waals surface area contributed by atoms with Gasteiger partial charge in [-0.1, -0.05) is 0 Å². The third-order valence-electron chi connectivity index (χ3n) is 2.35. The normalized spacial score (nSPS) is 38.5. The van der Waals surface area contributed by atoms with Gasteiger partial charge in [0.1, 0.15) is 26.2 Å². The number of hydrogen-bond donors (Lipinski definition) is 1. The average Bonchev–Trinajstić information content (AvgIpc) is 2.47. The fourth-order valence-corrected chi connectivity index (χ4v) is 2.25. The van der Waals surface area contributed by atoms with E-state index in [1.165, 1.54) is 20.9 Å². The molecular formula is C8H16BO6P. The number of hydrogen-bond acceptors (Lipinski definition) is 6. The maximum Gasteiger partial charge on any atom is 0.327 e.